The molecule has 0 spiro atoms. The van der Waals surface area contributed by atoms with E-state index in [1.807, 2.05) is 0 Å². The molecule has 1 rings (SSSR count). The van der Waals surface area contributed by atoms with Gasteiger partial charge >= 0.3 is 6.18 Å². The number of carbonyl (C=O) groups excluding carboxylic acids is 1. The van der Waals surface area contributed by atoms with Crippen LogP contribution in [0.25, 0.3) is 0 Å². The minimum Gasteiger partial charge on any atom is -0.326 e. The third kappa shape index (κ3) is 5.48. The van der Waals surface area contributed by atoms with Crippen LogP contribution in [0.15, 0.2) is 18.2 Å². The first-order valence-electron chi connectivity index (χ1n) is 5.65. The Labute approximate surface area is 114 Å². The molecule has 106 valence electrons. The van der Waals surface area contributed by atoms with Crippen LogP contribution >= 0.6 is 11.6 Å². The molecule has 19 heavy (non-hydrogen) atoms. The number of nitrogens with one attached hydrogen (secondary N) is 2. The molecule has 1 aromatic carbocycles. The van der Waals surface area contributed by atoms with Crippen molar-refractivity contribution < 1.29 is 18.0 Å². The Hall–Kier alpha value is -1.27. The minimum atomic E-state index is -4.49. The molecule has 0 aromatic heterocycles. The number of halogens is 4. The van der Waals surface area contributed by atoms with E-state index in [2.05, 4.69) is 10.6 Å². The van der Waals surface area contributed by atoms with Crippen LogP contribution in [0.4, 0.5) is 18.9 Å². The Kier molecular flexibility index (Phi) is 5.62. The lowest BCUT2D eigenvalue weighted by molar-refractivity contribution is -0.137. The lowest BCUT2D eigenvalue weighted by Gasteiger charge is -2.11. The zero-order valence-corrected chi connectivity index (χ0v) is 11.0. The quantitative estimate of drug-likeness (QED) is 0.818. The molecular formula is C12H14ClF3N2O. The summed E-state index contributed by atoms with van der Waals surface area (Å²) in [6.07, 6.45) is -3.65. The van der Waals surface area contributed by atoms with Crippen molar-refractivity contribution in [3.8, 4) is 0 Å². The first-order chi connectivity index (χ1) is 8.82. The standard InChI is InChI=1S/C12H14ClF3N2O/c1-17-4-2-3-11(19)18-10-6-8(12(14,15)16)5-9(13)7-10/h5-7,17H,2-4H2,1H3,(H,18,19). The number of amides is 1. The summed E-state index contributed by atoms with van der Waals surface area (Å²) in [6, 6.07) is 2.97. The summed E-state index contributed by atoms with van der Waals surface area (Å²) >= 11 is 5.60. The first-order valence-corrected chi connectivity index (χ1v) is 6.03. The number of hydrogen-bond acceptors (Lipinski definition) is 2. The van der Waals surface area contributed by atoms with E-state index in [4.69, 9.17) is 11.6 Å². The summed E-state index contributed by atoms with van der Waals surface area (Å²) in [7, 11) is 1.75. The second-order valence-corrected chi connectivity index (χ2v) is 4.42. The van der Waals surface area contributed by atoms with Gasteiger partial charge in [0.25, 0.3) is 0 Å². The zero-order valence-electron chi connectivity index (χ0n) is 10.3. The highest BCUT2D eigenvalue weighted by atomic mass is 35.5. The van der Waals surface area contributed by atoms with Crippen molar-refractivity contribution in [2.24, 2.45) is 0 Å². The molecule has 1 aromatic rings. The van der Waals surface area contributed by atoms with E-state index < -0.39 is 11.7 Å². The van der Waals surface area contributed by atoms with Crippen LogP contribution in [0.5, 0.6) is 0 Å². The minimum absolute atomic E-state index is 0.0503. The summed E-state index contributed by atoms with van der Waals surface area (Å²) in [5, 5.41) is 5.21. The summed E-state index contributed by atoms with van der Waals surface area (Å²) in [4.78, 5) is 11.5. The third-order valence-corrected chi connectivity index (χ3v) is 2.56. The van der Waals surface area contributed by atoms with Crippen molar-refractivity contribution in [3.63, 3.8) is 0 Å². The second-order valence-electron chi connectivity index (χ2n) is 3.98. The highest BCUT2D eigenvalue weighted by molar-refractivity contribution is 6.31. The average molecular weight is 295 g/mol. The zero-order chi connectivity index (χ0) is 14.5. The molecule has 3 nitrogen and oxygen atoms in total. The van der Waals surface area contributed by atoms with E-state index in [0.29, 0.717) is 13.0 Å². The van der Waals surface area contributed by atoms with Gasteiger partial charge in [0.05, 0.1) is 5.56 Å². The van der Waals surface area contributed by atoms with Crippen molar-refractivity contribution in [2.75, 3.05) is 18.9 Å². The van der Waals surface area contributed by atoms with Gasteiger partial charge in [0, 0.05) is 17.1 Å². The number of anilines is 1. The van der Waals surface area contributed by atoms with Crippen LogP contribution in [0.3, 0.4) is 0 Å². The number of benzene rings is 1. The maximum Gasteiger partial charge on any atom is 0.416 e. The van der Waals surface area contributed by atoms with Gasteiger partial charge in [0.1, 0.15) is 0 Å². The normalized spacial score (nSPS) is 11.4. The molecule has 0 aliphatic carbocycles. The van der Waals surface area contributed by atoms with Gasteiger partial charge in [-0.3, -0.25) is 4.79 Å². The second kappa shape index (κ2) is 6.77. The summed E-state index contributed by atoms with van der Waals surface area (Å²) < 4.78 is 37.7. The van der Waals surface area contributed by atoms with E-state index in [1.165, 1.54) is 6.07 Å². The Morgan fingerprint density at radius 1 is 1.32 bits per heavy atom. The van der Waals surface area contributed by atoms with Gasteiger partial charge in [0.2, 0.25) is 5.91 Å². The van der Waals surface area contributed by atoms with Crippen molar-refractivity contribution in [3.05, 3.63) is 28.8 Å². The fraction of sp³-hybridized carbons (Fsp3) is 0.417. The first kappa shape index (κ1) is 15.8. The summed E-state index contributed by atoms with van der Waals surface area (Å²) in [5.41, 5.74) is -0.834. The van der Waals surface area contributed by atoms with Gasteiger partial charge < -0.3 is 10.6 Å². The Balaban J connectivity index is 2.73. The number of carbonyl (C=O) groups is 1. The van der Waals surface area contributed by atoms with Gasteiger partial charge in [-0.05, 0) is 38.2 Å². The molecule has 0 bridgehead atoms. The Morgan fingerprint density at radius 3 is 2.58 bits per heavy atom. The van der Waals surface area contributed by atoms with Crippen LogP contribution < -0.4 is 10.6 Å². The molecule has 0 saturated carbocycles. The SMILES string of the molecule is CNCCCC(=O)Nc1cc(Cl)cc(C(F)(F)F)c1. The fourth-order valence-electron chi connectivity index (χ4n) is 1.47. The van der Waals surface area contributed by atoms with Crippen LogP contribution in [-0.4, -0.2) is 19.5 Å². The Morgan fingerprint density at radius 2 is 2.00 bits per heavy atom. The van der Waals surface area contributed by atoms with Crippen molar-refractivity contribution >= 4 is 23.2 Å². The average Bonchev–Trinajstić information content (AvgIpc) is 2.27. The molecule has 2 N–H and O–H groups in total. The van der Waals surface area contributed by atoms with E-state index in [-0.39, 0.29) is 23.0 Å². The van der Waals surface area contributed by atoms with Gasteiger partial charge in [-0.1, -0.05) is 11.6 Å². The summed E-state index contributed by atoms with van der Waals surface area (Å²) in [5.74, 6) is -0.342. The fourth-order valence-corrected chi connectivity index (χ4v) is 1.71. The monoisotopic (exact) mass is 294 g/mol. The van der Waals surface area contributed by atoms with E-state index >= 15 is 0 Å². The van der Waals surface area contributed by atoms with Crippen molar-refractivity contribution in [1.29, 1.82) is 0 Å². The van der Waals surface area contributed by atoms with Gasteiger partial charge in [-0.25, -0.2) is 0 Å². The van der Waals surface area contributed by atoms with Crippen LogP contribution in [0.2, 0.25) is 5.02 Å². The largest absolute Gasteiger partial charge is 0.416 e. The maximum atomic E-state index is 12.6. The highest BCUT2D eigenvalue weighted by Crippen LogP contribution is 2.33. The smallest absolute Gasteiger partial charge is 0.326 e. The number of rotatable bonds is 5. The lowest BCUT2D eigenvalue weighted by Crippen LogP contribution is -2.15. The predicted octanol–water partition coefficient (Wildman–Crippen LogP) is 3.30. The topological polar surface area (TPSA) is 41.1 Å². The molecule has 0 atom stereocenters. The van der Waals surface area contributed by atoms with E-state index in [9.17, 15) is 18.0 Å². The molecule has 1 amide bonds. The van der Waals surface area contributed by atoms with Crippen LogP contribution in [-0.2, 0) is 11.0 Å². The Bertz CT molecular complexity index is 449. The number of alkyl halides is 3. The van der Waals surface area contributed by atoms with E-state index in [1.54, 1.807) is 7.05 Å². The summed E-state index contributed by atoms with van der Waals surface area (Å²) in [6.45, 7) is 0.663. The highest BCUT2D eigenvalue weighted by Gasteiger charge is 2.31. The molecule has 0 fully saturated rings. The van der Waals surface area contributed by atoms with Gasteiger partial charge in [-0.2, -0.15) is 13.2 Å². The molecule has 0 unspecified atom stereocenters. The van der Waals surface area contributed by atoms with E-state index in [0.717, 1.165) is 12.1 Å². The molecular weight excluding hydrogens is 281 g/mol. The van der Waals surface area contributed by atoms with Crippen molar-refractivity contribution in [2.45, 2.75) is 19.0 Å². The predicted molar refractivity (Wildman–Crippen MR) is 68.2 cm³/mol. The van der Waals surface area contributed by atoms with Crippen LogP contribution in [0, 0.1) is 0 Å². The van der Waals surface area contributed by atoms with Crippen molar-refractivity contribution in [1.82, 2.24) is 5.32 Å². The third-order valence-electron chi connectivity index (χ3n) is 2.34. The van der Waals surface area contributed by atoms with Gasteiger partial charge in [-0.15, -0.1) is 0 Å². The molecule has 0 heterocycles. The molecule has 7 heteroatoms. The molecule has 0 saturated heterocycles. The maximum absolute atomic E-state index is 12.6. The molecule has 0 radical (unpaired) electrons. The van der Waals surface area contributed by atoms with Gasteiger partial charge in [0.15, 0.2) is 0 Å². The number of hydrogen-bond donors (Lipinski definition) is 2. The molecule has 0 aliphatic rings. The lowest BCUT2D eigenvalue weighted by atomic mass is 10.2. The van der Waals surface area contributed by atoms with Crippen LogP contribution in [0.1, 0.15) is 18.4 Å². The molecule has 0 aliphatic heterocycles.